The summed E-state index contributed by atoms with van der Waals surface area (Å²) in [6.45, 7) is 9.30. The van der Waals surface area contributed by atoms with Crippen LogP contribution in [0.4, 0.5) is 0 Å². The van der Waals surface area contributed by atoms with Gasteiger partial charge in [-0.1, -0.05) is 12.1 Å². The lowest BCUT2D eigenvalue weighted by Gasteiger charge is -2.32. The second kappa shape index (κ2) is 9.05. The van der Waals surface area contributed by atoms with Crippen molar-refractivity contribution < 1.29 is 38.2 Å². The van der Waals surface area contributed by atoms with Gasteiger partial charge in [0.05, 0.1) is 31.3 Å². The molecule has 0 spiro atoms. The van der Waals surface area contributed by atoms with E-state index in [1.54, 1.807) is 18.2 Å². The molecule has 1 aliphatic heterocycles. The van der Waals surface area contributed by atoms with Crippen LogP contribution in [0.1, 0.15) is 52.4 Å². The Labute approximate surface area is 171 Å². The third-order valence-electron chi connectivity index (χ3n) is 5.26. The number of carbonyl (C=O) groups excluding carboxylic acids is 1. The van der Waals surface area contributed by atoms with Gasteiger partial charge in [0.1, 0.15) is 0 Å². The molecule has 2 rings (SSSR count). The number of hydrogen-bond acceptors (Lipinski definition) is 7. The van der Waals surface area contributed by atoms with Crippen molar-refractivity contribution in [3.63, 3.8) is 0 Å². The van der Waals surface area contributed by atoms with Crippen molar-refractivity contribution in [2.24, 2.45) is 0 Å². The van der Waals surface area contributed by atoms with E-state index in [9.17, 15) is 9.59 Å². The fourth-order valence-corrected chi connectivity index (χ4v) is 3.05. The second-order valence-electron chi connectivity index (χ2n) is 7.80. The highest BCUT2D eigenvalue weighted by Gasteiger charge is 2.54. The van der Waals surface area contributed by atoms with E-state index >= 15 is 0 Å². The Hall–Kier alpha value is -2.26. The number of ether oxygens (including phenoxy) is 3. The summed E-state index contributed by atoms with van der Waals surface area (Å²) >= 11 is 0. The van der Waals surface area contributed by atoms with Gasteiger partial charge in [-0.05, 0) is 46.2 Å². The van der Waals surface area contributed by atoms with Crippen molar-refractivity contribution in [2.45, 2.75) is 58.1 Å². The van der Waals surface area contributed by atoms with Crippen LogP contribution in [0.15, 0.2) is 18.2 Å². The molecule has 1 saturated heterocycles. The molecule has 1 heterocycles. The number of aliphatic carboxylic acids is 1. The Morgan fingerprint density at radius 2 is 1.76 bits per heavy atom. The number of carbonyl (C=O) groups is 2. The molecule has 0 bridgehead atoms. The lowest BCUT2D eigenvalue weighted by molar-refractivity contribution is -0.141. The topological polar surface area (TPSA) is 101 Å². The maximum atomic E-state index is 12.2. The summed E-state index contributed by atoms with van der Waals surface area (Å²) in [4.78, 5) is 23.2. The zero-order valence-corrected chi connectivity index (χ0v) is 17.8. The standard InChI is InChI=1S/C20H29BO8/c1-7-26-15-10-8-9-13(18(15)27-12-16(22)23)14(11-17(24)25-6)21-28-19(2,3)20(4,5)29-21/h8-10,14H,7,11-12H2,1-6H3,(H,22,23). The van der Waals surface area contributed by atoms with Crippen LogP contribution in [0, 0.1) is 0 Å². The van der Waals surface area contributed by atoms with Crippen LogP contribution in [0.3, 0.4) is 0 Å². The molecule has 29 heavy (non-hydrogen) atoms. The molecule has 1 unspecified atom stereocenters. The minimum atomic E-state index is -1.12. The van der Waals surface area contributed by atoms with Crippen LogP contribution in [0.5, 0.6) is 11.5 Å². The van der Waals surface area contributed by atoms with Gasteiger partial charge in [0.25, 0.3) is 0 Å². The van der Waals surface area contributed by atoms with Crippen LogP contribution in [0.25, 0.3) is 0 Å². The molecule has 0 aromatic heterocycles. The molecule has 1 aromatic carbocycles. The number of esters is 1. The molecular formula is C20H29BO8. The summed E-state index contributed by atoms with van der Waals surface area (Å²) in [6.07, 6.45) is -0.0354. The second-order valence-corrected chi connectivity index (χ2v) is 7.80. The van der Waals surface area contributed by atoms with E-state index in [0.29, 0.717) is 17.9 Å². The van der Waals surface area contributed by atoms with Gasteiger partial charge in [0, 0.05) is 5.82 Å². The van der Waals surface area contributed by atoms with Crippen molar-refractivity contribution >= 4 is 19.1 Å². The highest BCUT2D eigenvalue weighted by atomic mass is 16.7. The van der Waals surface area contributed by atoms with E-state index in [4.69, 9.17) is 28.6 Å². The highest BCUT2D eigenvalue weighted by molar-refractivity contribution is 6.48. The fraction of sp³-hybridized carbons (Fsp3) is 0.600. The zero-order valence-electron chi connectivity index (χ0n) is 17.8. The number of carboxylic acid groups (broad SMARTS) is 1. The average Bonchev–Trinajstić information content (AvgIpc) is 2.85. The van der Waals surface area contributed by atoms with Crippen molar-refractivity contribution in [1.29, 1.82) is 0 Å². The molecule has 1 N–H and O–H groups in total. The van der Waals surface area contributed by atoms with Gasteiger partial charge in [-0.3, -0.25) is 4.79 Å². The maximum Gasteiger partial charge on any atom is 0.466 e. The Bertz CT molecular complexity index is 730. The van der Waals surface area contributed by atoms with Gasteiger partial charge < -0.3 is 28.6 Å². The van der Waals surface area contributed by atoms with Gasteiger partial charge in [0.2, 0.25) is 0 Å². The summed E-state index contributed by atoms with van der Waals surface area (Å²) in [5.41, 5.74) is -0.654. The smallest absolute Gasteiger partial charge is 0.466 e. The molecule has 1 atom stereocenters. The molecule has 8 nitrogen and oxygen atoms in total. The molecule has 0 radical (unpaired) electrons. The van der Waals surface area contributed by atoms with Gasteiger partial charge in [-0.15, -0.1) is 0 Å². The average molecular weight is 408 g/mol. The van der Waals surface area contributed by atoms with Crippen molar-refractivity contribution in [3.8, 4) is 11.5 Å². The van der Waals surface area contributed by atoms with Crippen molar-refractivity contribution in [3.05, 3.63) is 23.8 Å². The van der Waals surface area contributed by atoms with E-state index in [2.05, 4.69) is 0 Å². The first-order valence-corrected chi connectivity index (χ1v) is 9.55. The quantitative estimate of drug-likeness (QED) is 0.492. The minimum Gasteiger partial charge on any atom is -0.490 e. The highest BCUT2D eigenvalue weighted by Crippen LogP contribution is 2.45. The van der Waals surface area contributed by atoms with Gasteiger partial charge in [0.15, 0.2) is 18.1 Å². The fourth-order valence-electron chi connectivity index (χ4n) is 3.05. The Kier molecular flexibility index (Phi) is 7.18. The molecule has 160 valence electrons. The third-order valence-corrected chi connectivity index (χ3v) is 5.26. The van der Waals surface area contributed by atoms with Crippen molar-refractivity contribution in [2.75, 3.05) is 20.3 Å². The number of carboxylic acids is 1. The summed E-state index contributed by atoms with van der Waals surface area (Å²) in [5, 5.41) is 9.07. The molecule has 0 aliphatic carbocycles. The maximum absolute atomic E-state index is 12.2. The lowest BCUT2D eigenvalue weighted by Crippen LogP contribution is -2.41. The first-order chi connectivity index (χ1) is 13.5. The Morgan fingerprint density at radius 1 is 1.14 bits per heavy atom. The first-order valence-electron chi connectivity index (χ1n) is 9.55. The van der Waals surface area contributed by atoms with Crippen LogP contribution in [-0.4, -0.2) is 55.7 Å². The molecule has 1 aromatic rings. The molecule has 1 aliphatic rings. The summed E-state index contributed by atoms with van der Waals surface area (Å²) in [6, 6.07) is 5.19. The summed E-state index contributed by atoms with van der Waals surface area (Å²) < 4.78 is 28.4. The van der Waals surface area contributed by atoms with Crippen LogP contribution in [0.2, 0.25) is 0 Å². The van der Waals surface area contributed by atoms with Crippen LogP contribution < -0.4 is 9.47 Å². The Morgan fingerprint density at radius 3 is 2.28 bits per heavy atom. The molecule has 9 heteroatoms. The zero-order chi connectivity index (χ0) is 21.8. The number of rotatable bonds is 9. The number of hydrogen-bond donors (Lipinski definition) is 1. The van der Waals surface area contributed by atoms with Crippen LogP contribution >= 0.6 is 0 Å². The molecule has 1 fully saturated rings. The monoisotopic (exact) mass is 408 g/mol. The van der Waals surface area contributed by atoms with E-state index in [0.717, 1.165) is 0 Å². The first kappa shape index (κ1) is 23.0. The predicted molar refractivity (Wildman–Crippen MR) is 106 cm³/mol. The van der Waals surface area contributed by atoms with E-state index < -0.39 is 42.7 Å². The third kappa shape index (κ3) is 5.22. The van der Waals surface area contributed by atoms with E-state index in [1.165, 1.54) is 7.11 Å². The number of para-hydroxylation sites is 1. The lowest BCUT2D eigenvalue weighted by atomic mass is 9.66. The minimum absolute atomic E-state index is 0.0354. The molecular weight excluding hydrogens is 379 g/mol. The summed E-state index contributed by atoms with van der Waals surface area (Å²) in [5.74, 6) is -1.52. The van der Waals surface area contributed by atoms with Crippen LogP contribution in [-0.2, 0) is 23.6 Å². The predicted octanol–water partition coefficient (Wildman–Crippen LogP) is 2.83. The number of methoxy groups -OCH3 is 1. The molecule has 0 saturated carbocycles. The van der Waals surface area contributed by atoms with Gasteiger partial charge in [-0.2, -0.15) is 0 Å². The summed E-state index contributed by atoms with van der Waals surface area (Å²) in [7, 11) is 0.547. The van der Waals surface area contributed by atoms with Crippen molar-refractivity contribution in [1.82, 2.24) is 0 Å². The van der Waals surface area contributed by atoms with E-state index in [1.807, 2.05) is 34.6 Å². The Balaban J connectivity index is 2.51. The largest absolute Gasteiger partial charge is 0.490 e. The molecule has 0 amide bonds. The number of benzene rings is 1. The SMILES string of the molecule is CCOc1cccc(C(CC(=O)OC)B2OC(C)(C)C(C)(C)O2)c1OCC(=O)O. The van der Waals surface area contributed by atoms with E-state index in [-0.39, 0.29) is 12.2 Å². The van der Waals surface area contributed by atoms with Gasteiger partial charge in [-0.25, -0.2) is 4.79 Å². The normalized spacial score (nSPS) is 18.2. The van der Waals surface area contributed by atoms with Gasteiger partial charge >= 0.3 is 19.1 Å².